The van der Waals surface area contributed by atoms with E-state index in [1.807, 2.05) is 11.0 Å². The number of sulfone groups is 1. The average molecular weight is 630 g/mol. The monoisotopic (exact) mass is 629 g/mol. The van der Waals surface area contributed by atoms with Gasteiger partial charge in [-0.05, 0) is 49.8 Å². The van der Waals surface area contributed by atoms with Crippen LogP contribution in [0.4, 0.5) is 0 Å². The highest BCUT2D eigenvalue weighted by atomic mass is 32.2. The fourth-order valence-electron chi connectivity index (χ4n) is 6.28. The second-order valence-corrected chi connectivity index (χ2v) is 15.9. The lowest BCUT2D eigenvalue weighted by Gasteiger charge is -2.29. The lowest BCUT2D eigenvalue weighted by molar-refractivity contribution is -0.129. The van der Waals surface area contributed by atoms with Gasteiger partial charge < -0.3 is 10.1 Å². The Morgan fingerprint density at radius 1 is 1.14 bits per heavy atom. The molecule has 236 valence electrons. The molecule has 1 aromatic heterocycles. The van der Waals surface area contributed by atoms with Crippen molar-refractivity contribution in [3.63, 3.8) is 0 Å². The highest BCUT2D eigenvalue weighted by molar-refractivity contribution is 7.91. The van der Waals surface area contributed by atoms with Crippen molar-refractivity contribution in [3.8, 4) is 0 Å². The van der Waals surface area contributed by atoms with Crippen molar-refractivity contribution in [2.45, 2.75) is 90.5 Å². The topological polar surface area (TPSA) is 114 Å². The molecule has 0 unspecified atom stereocenters. The molecule has 43 heavy (non-hydrogen) atoms. The molecule has 1 saturated heterocycles. The molecule has 0 radical (unpaired) electrons. The number of nitrogens with zero attached hydrogens (tertiary/aromatic N) is 2. The highest BCUT2D eigenvalue weighted by Gasteiger charge is 2.28. The fourth-order valence-corrected chi connectivity index (χ4v) is 8.67. The van der Waals surface area contributed by atoms with E-state index in [0.717, 1.165) is 40.9 Å². The molecule has 1 N–H and O–H groups in total. The molecule has 2 atom stereocenters. The van der Waals surface area contributed by atoms with Crippen LogP contribution in [0, 0.1) is 11.8 Å². The summed E-state index contributed by atoms with van der Waals surface area (Å²) >= 11 is 1.58. The van der Waals surface area contributed by atoms with Gasteiger partial charge in [-0.3, -0.25) is 14.5 Å². The maximum Gasteiger partial charge on any atom is 0.224 e. The van der Waals surface area contributed by atoms with Crippen LogP contribution in [-0.2, 0) is 37.1 Å². The molecule has 0 bridgehead atoms. The minimum atomic E-state index is -2.98. The number of amides is 1. The van der Waals surface area contributed by atoms with Crippen LogP contribution < -0.4 is 5.32 Å². The number of fused-ring (bicyclic) bond motifs is 1. The second-order valence-electron chi connectivity index (χ2n) is 12.5. The Morgan fingerprint density at radius 3 is 2.53 bits per heavy atom. The number of hydrogen-bond acceptors (Lipinski definition) is 8. The molecule has 0 spiro atoms. The first-order valence-electron chi connectivity index (χ1n) is 15.8. The lowest BCUT2D eigenvalue weighted by atomic mass is 9.83. The van der Waals surface area contributed by atoms with E-state index < -0.39 is 15.8 Å². The maximum atomic E-state index is 13.7. The van der Waals surface area contributed by atoms with Crippen LogP contribution in [-0.4, -0.2) is 73.0 Å². The predicted octanol–water partition coefficient (Wildman–Crippen LogP) is 5.09. The Morgan fingerprint density at radius 2 is 1.86 bits per heavy atom. The van der Waals surface area contributed by atoms with Crippen molar-refractivity contribution >= 4 is 48.9 Å². The van der Waals surface area contributed by atoms with Gasteiger partial charge in [0.15, 0.2) is 15.6 Å². The predicted molar refractivity (Wildman–Crippen MR) is 173 cm³/mol. The number of rotatable bonds is 15. The number of benzene rings is 1. The number of aryl methyl sites for hydroxylation is 1. The van der Waals surface area contributed by atoms with Gasteiger partial charge in [0.1, 0.15) is 5.78 Å². The molecule has 2 aliphatic rings. The van der Waals surface area contributed by atoms with E-state index in [1.165, 1.54) is 31.7 Å². The zero-order valence-corrected chi connectivity index (χ0v) is 27.4. The van der Waals surface area contributed by atoms with E-state index >= 15 is 0 Å². The van der Waals surface area contributed by atoms with Crippen molar-refractivity contribution in [1.29, 1.82) is 0 Å². The van der Waals surface area contributed by atoms with Gasteiger partial charge in [0.25, 0.3) is 0 Å². The molecular weight excluding hydrogens is 583 g/mol. The molecule has 2 heterocycles. The molecule has 2 aromatic rings. The summed E-state index contributed by atoms with van der Waals surface area (Å²) in [5.74, 6) is -0.00238. The molecule has 1 aromatic carbocycles. The number of Topliss-reactive ketones (excluding diaryl/α,β-unsaturated/α-hetero) is 2. The normalized spacial score (nSPS) is 19.1. The van der Waals surface area contributed by atoms with Crippen LogP contribution in [0.5, 0.6) is 0 Å². The summed E-state index contributed by atoms with van der Waals surface area (Å²) in [7, 11) is -2.98. The first-order chi connectivity index (χ1) is 20.5. The zero-order chi connectivity index (χ0) is 31.0. The van der Waals surface area contributed by atoms with Gasteiger partial charge >= 0.3 is 0 Å². The van der Waals surface area contributed by atoms with Crippen molar-refractivity contribution in [3.05, 3.63) is 40.9 Å². The first kappa shape index (κ1) is 33.5. The molecule has 1 aliphatic heterocycles. The summed E-state index contributed by atoms with van der Waals surface area (Å²) in [5, 5.41) is 4.11. The molecule has 8 nitrogen and oxygen atoms in total. The molecule has 1 saturated carbocycles. The number of ketones is 2. The number of thiazole rings is 1. The summed E-state index contributed by atoms with van der Waals surface area (Å²) in [6, 6.07) is 6.08. The van der Waals surface area contributed by atoms with E-state index in [4.69, 9.17) is 4.98 Å². The smallest absolute Gasteiger partial charge is 0.224 e. The Hall–Kier alpha value is -2.43. The van der Waals surface area contributed by atoms with Gasteiger partial charge in [-0.2, -0.15) is 0 Å². The van der Waals surface area contributed by atoms with Gasteiger partial charge in [-0.1, -0.05) is 51.7 Å². The third-order valence-electron chi connectivity index (χ3n) is 8.89. The summed E-state index contributed by atoms with van der Waals surface area (Å²) in [6.07, 6.45) is 9.01. The van der Waals surface area contributed by atoms with Crippen molar-refractivity contribution in [1.82, 2.24) is 15.2 Å². The minimum Gasteiger partial charge on any atom is -0.353 e. The van der Waals surface area contributed by atoms with Crippen molar-refractivity contribution in [2.75, 3.05) is 31.1 Å². The SMILES string of the molecule is C=C(CN1CCS(=O)(=O)CC1)C(=O)CC[C@H](CC1CCCCC1)NC(=O)[C@@H](CC(C)=O)Cc1nc2ccc(CC)cc2s1. The summed E-state index contributed by atoms with van der Waals surface area (Å²) in [6.45, 7) is 8.85. The fraction of sp³-hybridized carbons (Fsp3) is 0.636. The lowest BCUT2D eigenvalue weighted by Crippen LogP contribution is -2.42. The number of carbonyl (C=O) groups excluding carboxylic acids is 3. The van der Waals surface area contributed by atoms with E-state index in [9.17, 15) is 22.8 Å². The maximum absolute atomic E-state index is 13.7. The van der Waals surface area contributed by atoms with Crippen molar-refractivity contribution in [2.24, 2.45) is 11.8 Å². The molecule has 10 heteroatoms. The highest BCUT2D eigenvalue weighted by Crippen LogP contribution is 2.30. The summed E-state index contributed by atoms with van der Waals surface area (Å²) < 4.78 is 24.6. The number of hydrogen-bond donors (Lipinski definition) is 1. The molecule has 4 rings (SSSR count). The summed E-state index contributed by atoms with van der Waals surface area (Å²) in [5.41, 5.74) is 2.64. The number of nitrogens with one attached hydrogen (secondary N) is 1. The third-order valence-corrected chi connectivity index (χ3v) is 11.5. The van der Waals surface area contributed by atoms with Gasteiger partial charge in [0.2, 0.25) is 5.91 Å². The van der Waals surface area contributed by atoms with E-state index in [0.29, 0.717) is 44.0 Å². The van der Waals surface area contributed by atoms with Crippen LogP contribution >= 0.6 is 11.3 Å². The first-order valence-corrected chi connectivity index (χ1v) is 18.5. The number of carbonyl (C=O) groups is 3. The van der Waals surface area contributed by atoms with Crippen LogP contribution in [0.25, 0.3) is 10.2 Å². The van der Waals surface area contributed by atoms with Crippen LogP contribution in [0.3, 0.4) is 0 Å². The van der Waals surface area contributed by atoms with E-state index in [2.05, 4.69) is 31.0 Å². The Bertz CT molecular complexity index is 1400. The van der Waals surface area contributed by atoms with E-state index in [-0.39, 0.29) is 47.9 Å². The third kappa shape index (κ3) is 10.3. The van der Waals surface area contributed by atoms with Crippen LogP contribution in [0.1, 0.15) is 82.2 Å². The second kappa shape index (κ2) is 15.5. The Labute approximate surface area is 260 Å². The van der Waals surface area contributed by atoms with Gasteiger partial charge in [0, 0.05) is 50.5 Å². The molecule has 1 amide bonds. The van der Waals surface area contributed by atoms with Crippen molar-refractivity contribution < 1.29 is 22.8 Å². The van der Waals surface area contributed by atoms with Crippen LogP contribution in [0.15, 0.2) is 30.4 Å². The molecule has 2 fully saturated rings. The molecule has 1 aliphatic carbocycles. The van der Waals surface area contributed by atoms with Crippen LogP contribution in [0.2, 0.25) is 0 Å². The average Bonchev–Trinajstić information content (AvgIpc) is 3.38. The zero-order valence-electron chi connectivity index (χ0n) is 25.7. The van der Waals surface area contributed by atoms with E-state index in [1.54, 1.807) is 11.3 Å². The van der Waals surface area contributed by atoms with Gasteiger partial charge in [0.05, 0.1) is 32.6 Å². The minimum absolute atomic E-state index is 0.0321. The Balaban J connectivity index is 1.40. The quantitative estimate of drug-likeness (QED) is 0.273. The molecular formula is C33H47N3O5S2. The number of aromatic nitrogens is 1. The van der Waals surface area contributed by atoms with Gasteiger partial charge in [-0.25, -0.2) is 13.4 Å². The standard InChI is InChI=1S/C33H47N3O5S2/c1-4-25-10-12-29-31(20-25)42-32(35-29)21-27(18-24(3)37)33(39)34-28(19-26-8-6-5-7-9-26)11-13-30(38)23(2)22-36-14-16-43(40,41)17-15-36/h10,12,20,26-28H,2,4-9,11,13-19,21-22H2,1,3H3,(H,34,39)/t27-,28+/m0/s1. The largest absolute Gasteiger partial charge is 0.353 e. The summed E-state index contributed by atoms with van der Waals surface area (Å²) in [4.78, 5) is 45.7. The van der Waals surface area contributed by atoms with Gasteiger partial charge in [-0.15, -0.1) is 11.3 Å². The Kier molecular flexibility index (Phi) is 12.1.